The van der Waals surface area contributed by atoms with Crippen molar-refractivity contribution in [2.75, 3.05) is 6.61 Å². The number of rotatable bonds is 10. The Hall–Kier alpha value is -2.59. The Morgan fingerprint density at radius 1 is 1.11 bits per heavy atom. The molecule has 0 bridgehead atoms. The Kier molecular flexibility index (Phi) is 8.59. The summed E-state index contributed by atoms with van der Waals surface area (Å²) in [6.45, 7) is 2.07. The van der Waals surface area contributed by atoms with E-state index in [0.717, 1.165) is 19.3 Å². The monoisotopic (exact) mass is 368 g/mol. The lowest BCUT2D eigenvalue weighted by atomic mass is 9.97. The number of aliphatic hydroxyl groups is 1. The Balaban J connectivity index is 1.88. The minimum Gasteiger partial charge on any atom is -0.508 e. The van der Waals surface area contributed by atoms with E-state index in [1.165, 1.54) is 11.6 Å². The number of aryl methyl sites for hydroxylation is 1. The molecule has 0 aliphatic carbocycles. The molecule has 27 heavy (non-hydrogen) atoms. The highest BCUT2D eigenvalue weighted by Gasteiger charge is 2.12. The SMILES string of the molecule is CCOC(=O)/C=C/c1cccc(O)c1C[C@@H](O)CCCCc1ccccc1. The first-order valence-corrected chi connectivity index (χ1v) is 9.47. The van der Waals surface area contributed by atoms with Gasteiger partial charge in [0.2, 0.25) is 0 Å². The summed E-state index contributed by atoms with van der Waals surface area (Å²) in [5.41, 5.74) is 2.67. The molecule has 2 N–H and O–H groups in total. The molecule has 2 rings (SSSR count). The van der Waals surface area contributed by atoms with Crippen LogP contribution >= 0.6 is 0 Å². The van der Waals surface area contributed by atoms with E-state index >= 15 is 0 Å². The number of benzene rings is 2. The van der Waals surface area contributed by atoms with E-state index in [4.69, 9.17) is 4.74 Å². The van der Waals surface area contributed by atoms with E-state index in [-0.39, 0.29) is 5.75 Å². The quantitative estimate of drug-likeness (QED) is 0.373. The minimum atomic E-state index is -0.538. The summed E-state index contributed by atoms with van der Waals surface area (Å²) in [5.74, 6) is -0.294. The molecule has 0 spiro atoms. The van der Waals surface area contributed by atoms with Crippen LogP contribution in [0.4, 0.5) is 0 Å². The predicted molar refractivity (Wildman–Crippen MR) is 107 cm³/mol. The summed E-state index contributed by atoms with van der Waals surface area (Å²) in [4.78, 5) is 11.5. The van der Waals surface area contributed by atoms with Gasteiger partial charge in [-0.2, -0.15) is 0 Å². The van der Waals surface area contributed by atoms with Crippen molar-refractivity contribution in [3.8, 4) is 5.75 Å². The fourth-order valence-corrected chi connectivity index (χ4v) is 3.01. The number of hydrogen-bond donors (Lipinski definition) is 2. The summed E-state index contributed by atoms with van der Waals surface area (Å²) in [5, 5.41) is 20.6. The number of carbonyl (C=O) groups is 1. The second kappa shape index (κ2) is 11.2. The van der Waals surface area contributed by atoms with Gasteiger partial charge in [-0.1, -0.05) is 48.9 Å². The number of ether oxygens (including phenoxy) is 1. The number of esters is 1. The van der Waals surface area contributed by atoms with Crippen molar-refractivity contribution in [1.82, 2.24) is 0 Å². The van der Waals surface area contributed by atoms with Gasteiger partial charge in [0.05, 0.1) is 12.7 Å². The molecule has 0 aromatic heterocycles. The normalized spacial score (nSPS) is 12.2. The lowest BCUT2D eigenvalue weighted by Gasteiger charge is -2.14. The third-order valence-electron chi connectivity index (χ3n) is 4.41. The molecular weight excluding hydrogens is 340 g/mol. The van der Waals surface area contributed by atoms with Crippen molar-refractivity contribution in [1.29, 1.82) is 0 Å². The summed E-state index contributed by atoms with van der Waals surface area (Å²) < 4.78 is 4.88. The van der Waals surface area contributed by atoms with Gasteiger partial charge in [-0.15, -0.1) is 0 Å². The van der Waals surface area contributed by atoms with E-state index in [9.17, 15) is 15.0 Å². The van der Waals surface area contributed by atoms with E-state index in [0.29, 0.717) is 30.6 Å². The van der Waals surface area contributed by atoms with Crippen LogP contribution in [0.25, 0.3) is 6.08 Å². The lowest BCUT2D eigenvalue weighted by Crippen LogP contribution is -2.11. The van der Waals surface area contributed by atoms with Gasteiger partial charge in [0, 0.05) is 18.1 Å². The number of aromatic hydroxyl groups is 1. The average molecular weight is 368 g/mol. The fourth-order valence-electron chi connectivity index (χ4n) is 3.01. The molecule has 0 heterocycles. The van der Waals surface area contributed by atoms with Crippen LogP contribution in [-0.2, 0) is 22.4 Å². The molecular formula is C23H28O4. The molecule has 4 nitrogen and oxygen atoms in total. The maximum absolute atomic E-state index is 11.5. The van der Waals surface area contributed by atoms with E-state index in [1.54, 1.807) is 25.1 Å². The van der Waals surface area contributed by atoms with Gasteiger partial charge in [0.25, 0.3) is 0 Å². The Labute approximate surface area is 161 Å². The van der Waals surface area contributed by atoms with Gasteiger partial charge in [-0.3, -0.25) is 0 Å². The molecule has 2 aromatic rings. The van der Waals surface area contributed by atoms with Crippen molar-refractivity contribution in [2.24, 2.45) is 0 Å². The minimum absolute atomic E-state index is 0.129. The van der Waals surface area contributed by atoms with Crippen LogP contribution < -0.4 is 0 Å². The van der Waals surface area contributed by atoms with Crippen molar-refractivity contribution in [2.45, 2.75) is 45.1 Å². The molecule has 4 heteroatoms. The van der Waals surface area contributed by atoms with Crippen LogP contribution in [0, 0.1) is 0 Å². The number of phenolic OH excluding ortho intramolecular Hbond substituents is 1. The second-order valence-corrected chi connectivity index (χ2v) is 6.52. The van der Waals surface area contributed by atoms with Gasteiger partial charge in [0.1, 0.15) is 5.75 Å². The summed E-state index contributed by atoms with van der Waals surface area (Å²) >= 11 is 0. The number of phenols is 1. The smallest absolute Gasteiger partial charge is 0.330 e. The van der Waals surface area contributed by atoms with E-state index < -0.39 is 12.1 Å². The average Bonchev–Trinajstić information content (AvgIpc) is 2.67. The van der Waals surface area contributed by atoms with Crippen LogP contribution in [0.1, 0.15) is 42.9 Å². The Morgan fingerprint density at radius 3 is 2.63 bits per heavy atom. The van der Waals surface area contributed by atoms with E-state index in [2.05, 4.69) is 12.1 Å². The molecule has 0 saturated carbocycles. The Morgan fingerprint density at radius 2 is 1.89 bits per heavy atom. The first-order valence-electron chi connectivity index (χ1n) is 9.47. The summed E-state index contributed by atoms with van der Waals surface area (Å²) in [6.07, 6.45) is 6.36. The molecule has 2 aromatic carbocycles. The lowest BCUT2D eigenvalue weighted by molar-refractivity contribution is -0.137. The molecule has 0 fully saturated rings. The third kappa shape index (κ3) is 7.27. The zero-order valence-electron chi connectivity index (χ0n) is 15.8. The highest BCUT2D eigenvalue weighted by molar-refractivity contribution is 5.87. The van der Waals surface area contributed by atoms with Crippen LogP contribution in [0.3, 0.4) is 0 Å². The van der Waals surface area contributed by atoms with Gasteiger partial charge >= 0.3 is 5.97 Å². The standard InChI is InChI=1S/C23H28O4/c1-2-27-23(26)16-15-19-12-8-14-22(25)21(19)17-20(24)13-7-6-11-18-9-4-3-5-10-18/h3-5,8-10,12,14-16,20,24-25H,2,6-7,11,13,17H2,1H3/b16-15+/t20-/m0/s1. The third-order valence-corrected chi connectivity index (χ3v) is 4.41. The van der Waals surface area contributed by atoms with Crippen LogP contribution in [0.5, 0.6) is 5.75 Å². The van der Waals surface area contributed by atoms with Crippen molar-refractivity contribution < 1.29 is 19.7 Å². The van der Waals surface area contributed by atoms with Crippen LogP contribution in [-0.4, -0.2) is 28.9 Å². The first kappa shape index (κ1) is 20.7. The largest absolute Gasteiger partial charge is 0.508 e. The molecule has 0 aliphatic rings. The Bertz CT molecular complexity index is 737. The number of aliphatic hydroxyl groups excluding tert-OH is 1. The molecule has 0 saturated heterocycles. The number of carbonyl (C=O) groups excluding carboxylic acids is 1. The van der Waals surface area contributed by atoms with Gasteiger partial charge in [-0.25, -0.2) is 4.79 Å². The first-order chi connectivity index (χ1) is 13.1. The van der Waals surface area contributed by atoms with Gasteiger partial charge in [-0.05, 0) is 49.5 Å². The molecule has 0 radical (unpaired) electrons. The highest BCUT2D eigenvalue weighted by atomic mass is 16.5. The zero-order valence-corrected chi connectivity index (χ0v) is 15.8. The van der Waals surface area contributed by atoms with Crippen molar-refractivity contribution in [3.05, 3.63) is 71.3 Å². The molecule has 144 valence electrons. The van der Waals surface area contributed by atoms with Crippen LogP contribution in [0.2, 0.25) is 0 Å². The van der Waals surface area contributed by atoms with Gasteiger partial charge in [0.15, 0.2) is 0 Å². The molecule has 0 aliphatic heterocycles. The summed E-state index contributed by atoms with van der Waals surface area (Å²) in [6, 6.07) is 15.4. The maximum Gasteiger partial charge on any atom is 0.330 e. The highest BCUT2D eigenvalue weighted by Crippen LogP contribution is 2.25. The molecule has 0 unspecified atom stereocenters. The topological polar surface area (TPSA) is 66.8 Å². The molecule has 1 atom stereocenters. The van der Waals surface area contributed by atoms with Crippen LogP contribution in [0.15, 0.2) is 54.6 Å². The van der Waals surface area contributed by atoms with Gasteiger partial charge < -0.3 is 14.9 Å². The maximum atomic E-state index is 11.5. The second-order valence-electron chi connectivity index (χ2n) is 6.52. The zero-order chi connectivity index (χ0) is 19.5. The number of hydrogen-bond acceptors (Lipinski definition) is 4. The van der Waals surface area contributed by atoms with E-state index in [1.807, 2.05) is 24.3 Å². The predicted octanol–water partition coefficient (Wildman–Crippen LogP) is 4.28. The number of unbranched alkanes of at least 4 members (excludes halogenated alkanes) is 1. The molecule has 0 amide bonds. The fraction of sp³-hybridized carbons (Fsp3) is 0.348. The van der Waals surface area contributed by atoms with Crippen molar-refractivity contribution >= 4 is 12.0 Å². The van der Waals surface area contributed by atoms with Crippen molar-refractivity contribution in [3.63, 3.8) is 0 Å². The summed E-state index contributed by atoms with van der Waals surface area (Å²) in [7, 11) is 0.